The highest BCUT2D eigenvalue weighted by Crippen LogP contribution is 2.24. The Hall–Kier alpha value is -1.92. The standard InChI is InChI=1S/C16H19ClN4O2/c17-12-3-1-2-10(8-12)15-20-14(23-21-15)6-7-19-16(22)11-4-5-13(18)9-11/h1-3,8,11,13H,4-7,9,18H2,(H,19,22). The van der Waals surface area contributed by atoms with Gasteiger partial charge >= 0.3 is 0 Å². The molecule has 2 aromatic rings. The number of carbonyl (C=O) groups excluding carboxylic acids is 1. The van der Waals surface area contributed by atoms with E-state index in [-0.39, 0.29) is 17.9 Å². The summed E-state index contributed by atoms with van der Waals surface area (Å²) >= 11 is 5.95. The minimum absolute atomic E-state index is 0.0368. The van der Waals surface area contributed by atoms with Crippen molar-refractivity contribution in [3.8, 4) is 11.4 Å². The molecule has 1 aromatic heterocycles. The highest BCUT2D eigenvalue weighted by atomic mass is 35.5. The van der Waals surface area contributed by atoms with Gasteiger partial charge in [0, 0.05) is 35.5 Å². The first kappa shape index (κ1) is 16.0. The topological polar surface area (TPSA) is 94.0 Å². The highest BCUT2D eigenvalue weighted by Gasteiger charge is 2.27. The van der Waals surface area contributed by atoms with Crippen molar-refractivity contribution >= 4 is 17.5 Å². The van der Waals surface area contributed by atoms with Crippen molar-refractivity contribution in [2.45, 2.75) is 31.7 Å². The highest BCUT2D eigenvalue weighted by molar-refractivity contribution is 6.30. The van der Waals surface area contributed by atoms with Crippen LogP contribution in [0, 0.1) is 5.92 Å². The second-order valence-corrected chi connectivity index (χ2v) is 6.27. The molecule has 0 aliphatic heterocycles. The first-order chi connectivity index (χ1) is 11.1. The summed E-state index contributed by atoms with van der Waals surface area (Å²) in [7, 11) is 0. The van der Waals surface area contributed by atoms with Gasteiger partial charge in [-0.15, -0.1) is 0 Å². The Bertz CT molecular complexity index is 688. The molecule has 1 fully saturated rings. The number of aromatic nitrogens is 2. The number of hydrogen-bond donors (Lipinski definition) is 2. The fourth-order valence-corrected chi connectivity index (χ4v) is 2.98. The minimum Gasteiger partial charge on any atom is -0.355 e. The van der Waals surface area contributed by atoms with Crippen molar-refractivity contribution in [2.24, 2.45) is 11.7 Å². The lowest BCUT2D eigenvalue weighted by atomic mass is 10.1. The zero-order chi connectivity index (χ0) is 16.2. The molecule has 2 atom stereocenters. The van der Waals surface area contributed by atoms with Gasteiger partial charge in [-0.2, -0.15) is 4.98 Å². The molecule has 0 spiro atoms. The van der Waals surface area contributed by atoms with E-state index in [9.17, 15) is 4.79 Å². The van der Waals surface area contributed by atoms with Crippen LogP contribution in [0.5, 0.6) is 0 Å². The molecule has 7 heteroatoms. The third-order valence-electron chi connectivity index (χ3n) is 4.03. The van der Waals surface area contributed by atoms with E-state index in [2.05, 4.69) is 15.5 Å². The summed E-state index contributed by atoms with van der Waals surface area (Å²) < 4.78 is 5.21. The smallest absolute Gasteiger partial charge is 0.228 e. The third-order valence-corrected chi connectivity index (χ3v) is 4.27. The summed E-state index contributed by atoms with van der Waals surface area (Å²) in [5.41, 5.74) is 6.63. The predicted octanol–water partition coefficient (Wildman–Crippen LogP) is 2.18. The lowest BCUT2D eigenvalue weighted by Crippen LogP contribution is -2.31. The molecule has 1 saturated carbocycles. The zero-order valence-corrected chi connectivity index (χ0v) is 13.4. The van der Waals surface area contributed by atoms with Gasteiger partial charge in [0.05, 0.1) is 0 Å². The molecular formula is C16H19ClN4O2. The first-order valence-electron chi connectivity index (χ1n) is 7.73. The molecule has 23 heavy (non-hydrogen) atoms. The average molecular weight is 335 g/mol. The van der Waals surface area contributed by atoms with Gasteiger partial charge in [-0.1, -0.05) is 28.9 Å². The van der Waals surface area contributed by atoms with Crippen molar-refractivity contribution in [1.29, 1.82) is 0 Å². The van der Waals surface area contributed by atoms with Crippen molar-refractivity contribution in [2.75, 3.05) is 6.54 Å². The van der Waals surface area contributed by atoms with Gasteiger partial charge in [0.2, 0.25) is 17.6 Å². The molecule has 0 saturated heterocycles. The van der Waals surface area contributed by atoms with Gasteiger partial charge in [0.25, 0.3) is 0 Å². The number of nitrogens with two attached hydrogens (primary N) is 1. The maximum Gasteiger partial charge on any atom is 0.228 e. The van der Waals surface area contributed by atoms with Crippen LogP contribution in [0.15, 0.2) is 28.8 Å². The SMILES string of the molecule is NC1CCC(C(=O)NCCc2nc(-c3cccc(Cl)c3)no2)C1. The summed E-state index contributed by atoms with van der Waals surface area (Å²) in [4.78, 5) is 16.3. The van der Waals surface area contributed by atoms with E-state index < -0.39 is 0 Å². The Morgan fingerprint density at radius 1 is 1.43 bits per heavy atom. The third kappa shape index (κ3) is 4.09. The number of carbonyl (C=O) groups is 1. The lowest BCUT2D eigenvalue weighted by molar-refractivity contribution is -0.124. The first-order valence-corrected chi connectivity index (χ1v) is 8.11. The van der Waals surface area contributed by atoms with Gasteiger partial charge in [0.15, 0.2) is 0 Å². The largest absolute Gasteiger partial charge is 0.355 e. The van der Waals surface area contributed by atoms with E-state index in [0.717, 1.165) is 24.8 Å². The van der Waals surface area contributed by atoms with E-state index in [1.54, 1.807) is 12.1 Å². The van der Waals surface area contributed by atoms with Crippen LogP contribution >= 0.6 is 11.6 Å². The molecule has 1 amide bonds. The number of rotatable bonds is 5. The van der Waals surface area contributed by atoms with Crippen LogP contribution < -0.4 is 11.1 Å². The fourth-order valence-electron chi connectivity index (χ4n) is 2.79. The van der Waals surface area contributed by atoms with Crippen molar-refractivity contribution < 1.29 is 9.32 Å². The molecule has 3 N–H and O–H groups in total. The van der Waals surface area contributed by atoms with Gasteiger partial charge in [0.1, 0.15) is 0 Å². The van der Waals surface area contributed by atoms with E-state index in [1.165, 1.54) is 0 Å². The second-order valence-electron chi connectivity index (χ2n) is 5.83. The fraction of sp³-hybridized carbons (Fsp3) is 0.438. The molecule has 1 heterocycles. The predicted molar refractivity (Wildman–Crippen MR) is 86.8 cm³/mol. The minimum atomic E-state index is 0.0368. The number of halogens is 1. The van der Waals surface area contributed by atoms with Gasteiger partial charge in [-0.3, -0.25) is 4.79 Å². The van der Waals surface area contributed by atoms with Crippen molar-refractivity contribution in [3.63, 3.8) is 0 Å². The van der Waals surface area contributed by atoms with E-state index in [1.807, 2.05) is 12.1 Å². The van der Waals surface area contributed by atoms with Crippen LogP contribution in [-0.4, -0.2) is 28.6 Å². The molecule has 0 radical (unpaired) electrons. The molecule has 3 rings (SSSR count). The summed E-state index contributed by atoms with van der Waals surface area (Å²) in [6, 6.07) is 7.42. The van der Waals surface area contributed by atoms with E-state index >= 15 is 0 Å². The molecule has 2 unspecified atom stereocenters. The summed E-state index contributed by atoms with van der Waals surface area (Å²) in [5.74, 6) is 1.08. The normalized spacial score (nSPS) is 20.6. The van der Waals surface area contributed by atoms with Crippen molar-refractivity contribution in [3.05, 3.63) is 35.2 Å². The summed E-state index contributed by atoms with van der Waals surface area (Å²) in [6.45, 7) is 0.474. The van der Waals surface area contributed by atoms with Gasteiger partial charge in [-0.05, 0) is 31.4 Å². The Morgan fingerprint density at radius 3 is 3.04 bits per heavy atom. The van der Waals surface area contributed by atoms with Crippen LogP contribution in [0.4, 0.5) is 0 Å². The van der Waals surface area contributed by atoms with Crippen LogP contribution in [0.1, 0.15) is 25.2 Å². The maximum absolute atomic E-state index is 12.0. The number of hydrogen-bond acceptors (Lipinski definition) is 5. The Morgan fingerprint density at radius 2 is 2.30 bits per heavy atom. The number of amides is 1. The van der Waals surface area contributed by atoms with Crippen molar-refractivity contribution in [1.82, 2.24) is 15.5 Å². The maximum atomic E-state index is 12.0. The van der Waals surface area contributed by atoms with Crippen LogP contribution in [0.3, 0.4) is 0 Å². The second kappa shape index (κ2) is 7.10. The molecular weight excluding hydrogens is 316 g/mol. The summed E-state index contributed by atoms with van der Waals surface area (Å²) in [5, 5.41) is 7.47. The molecule has 1 aromatic carbocycles. The van der Waals surface area contributed by atoms with Gasteiger partial charge in [-0.25, -0.2) is 0 Å². The van der Waals surface area contributed by atoms with E-state index in [4.69, 9.17) is 21.9 Å². The van der Waals surface area contributed by atoms with Crippen LogP contribution in [0.25, 0.3) is 11.4 Å². The number of nitrogens with one attached hydrogen (secondary N) is 1. The zero-order valence-electron chi connectivity index (χ0n) is 12.7. The monoisotopic (exact) mass is 334 g/mol. The van der Waals surface area contributed by atoms with Crippen LogP contribution in [-0.2, 0) is 11.2 Å². The molecule has 1 aliphatic carbocycles. The van der Waals surface area contributed by atoms with Crippen LogP contribution in [0.2, 0.25) is 5.02 Å². The Kier molecular flexibility index (Phi) is 4.93. The quantitative estimate of drug-likeness (QED) is 0.874. The number of nitrogens with zero attached hydrogens (tertiary/aromatic N) is 2. The molecule has 6 nitrogen and oxygen atoms in total. The van der Waals surface area contributed by atoms with E-state index in [0.29, 0.717) is 29.7 Å². The number of benzene rings is 1. The Labute approximate surface area is 139 Å². The lowest BCUT2D eigenvalue weighted by Gasteiger charge is -2.09. The Balaban J connectivity index is 1.51. The molecule has 1 aliphatic rings. The summed E-state index contributed by atoms with van der Waals surface area (Å²) in [6.07, 6.45) is 3.06. The van der Waals surface area contributed by atoms with Gasteiger partial charge < -0.3 is 15.6 Å². The molecule has 0 bridgehead atoms. The molecule has 122 valence electrons. The average Bonchev–Trinajstić information content (AvgIpc) is 3.16.